The lowest BCUT2D eigenvalue weighted by atomic mass is 9.51. The van der Waals surface area contributed by atoms with E-state index >= 15 is 0 Å². The third-order valence-corrected chi connectivity index (χ3v) is 9.81. The van der Waals surface area contributed by atoms with Gasteiger partial charge in [0.25, 0.3) is 0 Å². The highest BCUT2D eigenvalue weighted by Crippen LogP contribution is 2.64. The van der Waals surface area contributed by atoms with Gasteiger partial charge in [0.2, 0.25) is 23.6 Å². The van der Waals surface area contributed by atoms with E-state index in [0.717, 1.165) is 16.5 Å². The summed E-state index contributed by atoms with van der Waals surface area (Å²) >= 11 is 6.03. The van der Waals surface area contributed by atoms with Gasteiger partial charge in [-0.05, 0) is 56.4 Å². The molecule has 3 fully saturated rings. The first-order valence-corrected chi connectivity index (χ1v) is 14.2. The van der Waals surface area contributed by atoms with Gasteiger partial charge in [0.15, 0.2) is 0 Å². The number of likely N-dealkylation sites (tertiary alicyclic amines) is 1. The molecule has 4 aliphatic rings. The van der Waals surface area contributed by atoms with E-state index in [1.165, 1.54) is 30.2 Å². The average molecular weight is 581 g/mol. The van der Waals surface area contributed by atoms with E-state index in [-0.39, 0.29) is 34.7 Å². The van der Waals surface area contributed by atoms with Gasteiger partial charge in [-0.3, -0.25) is 24.1 Å². The van der Waals surface area contributed by atoms with Crippen molar-refractivity contribution in [2.75, 3.05) is 18.6 Å². The van der Waals surface area contributed by atoms with Gasteiger partial charge in [-0.2, -0.15) is 0 Å². The Bertz CT molecular complexity index is 1540. The Morgan fingerprint density at radius 3 is 2.49 bits per heavy atom. The number of methoxy groups -OCH3 is 1. The van der Waals surface area contributed by atoms with Crippen molar-refractivity contribution < 1.29 is 33.4 Å². The second kappa shape index (κ2) is 9.69. The maximum Gasteiger partial charge on any atom is 0.241 e. The SMILES string of the molecule is CCCN1C(=O)C2CC=C3C(CC4C(=O)N(c5ccc(F)c(Cl)c5)C(=O)C4(C)C3c3ccc(OC)cc3O)C2C1=O. The second-order valence-corrected chi connectivity index (χ2v) is 11.9. The molecule has 8 nitrogen and oxygen atoms in total. The number of imide groups is 2. The Kier molecular flexibility index (Phi) is 6.48. The monoisotopic (exact) mass is 580 g/mol. The lowest BCUT2D eigenvalue weighted by molar-refractivity contribution is -0.140. The molecule has 2 aromatic rings. The molecule has 0 radical (unpaired) electrons. The van der Waals surface area contributed by atoms with E-state index < -0.39 is 52.6 Å². The summed E-state index contributed by atoms with van der Waals surface area (Å²) in [5.74, 6) is -5.11. The highest BCUT2D eigenvalue weighted by atomic mass is 35.5. The molecule has 0 spiro atoms. The van der Waals surface area contributed by atoms with Crippen molar-refractivity contribution in [2.24, 2.45) is 29.1 Å². The molecule has 1 saturated carbocycles. The van der Waals surface area contributed by atoms with Gasteiger partial charge < -0.3 is 9.84 Å². The number of anilines is 1. The van der Waals surface area contributed by atoms with Crippen LogP contribution < -0.4 is 9.64 Å². The molecule has 6 unspecified atom stereocenters. The number of carbonyl (C=O) groups excluding carboxylic acids is 4. The number of phenolic OH excluding ortho intramolecular Hbond substituents is 1. The van der Waals surface area contributed by atoms with E-state index in [9.17, 15) is 28.7 Å². The van der Waals surface area contributed by atoms with Crippen LogP contribution in [0, 0.1) is 34.9 Å². The van der Waals surface area contributed by atoms with Crippen molar-refractivity contribution in [3.8, 4) is 11.5 Å². The van der Waals surface area contributed by atoms with E-state index in [0.29, 0.717) is 30.7 Å². The Morgan fingerprint density at radius 1 is 1.07 bits per heavy atom. The molecule has 0 aromatic heterocycles. The maximum atomic E-state index is 14.3. The highest BCUT2D eigenvalue weighted by Gasteiger charge is 2.67. The van der Waals surface area contributed by atoms with Gasteiger partial charge >= 0.3 is 0 Å². The van der Waals surface area contributed by atoms with Gasteiger partial charge in [-0.15, -0.1) is 0 Å². The first-order valence-electron chi connectivity index (χ1n) is 13.8. The smallest absolute Gasteiger partial charge is 0.241 e. The molecule has 0 bridgehead atoms. The fraction of sp³-hybridized carbons (Fsp3) is 0.419. The van der Waals surface area contributed by atoms with E-state index in [2.05, 4.69) is 0 Å². The topological polar surface area (TPSA) is 104 Å². The summed E-state index contributed by atoms with van der Waals surface area (Å²) in [6.07, 6.45) is 3.07. The molecule has 4 amide bonds. The molecule has 2 aliphatic carbocycles. The minimum absolute atomic E-state index is 0.108. The fourth-order valence-electron chi connectivity index (χ4n) is 7.63. The fourth-order valence-corrected chi connectivity index (χ4v) is 7.81. The van der Waals surface area contributed by atoms with Crippen LogP contribution in [0.15, 0.2) is 48.0 Å². The van der Waals surface area contributed by atoms with Crippen LogP contribution in [0.25, 0.3) is 0 Å². The number of allylic oxidation sites excluding steroid dienone is 2. The minimum atomic E-state index is -1.34. The first-order chi connectivity index (χ1) is 19.5. The van der Waals surface area contributed by atoms with Crippen molar-refractivity contribution in [1.82, 2.24) is 4.90 Å². The van der Waals surface area contributed by atoms with Crippen molar-refractivity contribution in [3.05, 3.63) is 64.5 Å². The summed E-state index contributed by atoms with van der Waals surface area (Å²) in [7, 11) is 1.47. The van der Waals surface area contributed by atoms with Gasteiger partial charge in [-0.25, -0.2) is 9.29 Å². The van der Waals surface area contributed by atoms with Crippen LogP contribution in [0.3, 0.4) is 0 Å². The van der Waals surface area contributed by atoms with E-state index in [1.54, 1.807) is 19.1 Å². The van der Waals surface area contributed by atoms with Crippen LogP contribution in [0.2, 0.25) is 5.02 Å². The number of amides is 4. The van der Waals surface area contributed by atoms with Crippen molar-refractivity contribution in [2.45, 2.75) is 39.0 Å². The van der Waals surface area contributed by atoms with Gasteiger partial charge in [-0.1, -0.05) is 36.2 Å². The number of fused-ring (bicyclic) bond motifs is 4. The molecular weight excluding hydrogens is 551 g/mol. The number of halogens is 2. The number of rotatable bonds is 5. The number of nitrogens with zero attached hydrogens (tertiary/aromatic N) is 2. The van der Waals surface area contributed by atoms with E-state index in [4.69, 9.17) is 16.3 Å². The standard InChI is InChI=1S/C31H30ClFN2O6/c1-4-11-34-27(37)19-9-8-17-20(25(19)29(34)39)14-21-28(38)35(15-5-10-23(33)22(32)12-15)30(40)31(21,2)26(17)18-7-6-16(41-3)13-24(18)36/h5-8,10,12-13,19-21,25-26,36H,4,9,11,14H2,1-3H3. The summed E-state index contributed by atoms with van der Waals surface area (Å²) < 4.78 is 19.3. The largest absolute Gasteiger partial charge is 0.508 e. The maximum absolute atomic E-state index is 14.3. The predicted octanol–water partition coefficient (Wildman–Crippen LogP) is 4.83. The van der Waals surface area contributed by atoms with E-state index in [1.807, 2.05) is 13.0 Å². The van der Waals surface area contributed by atoms with Crippen molar-refractivity contribution in [1.29, 1.82) is 0 Å². The molecule has 41 heavy (non-hydrogen) atoms. The molecule has 1 N–H and O–H groups in total. The molecule has 2 aliphatic heterocycles. The lowest BCUT2D eigenvalue weighted by Gasteiger charge is -2.49. The van der Waals surface area contributed by atoms with Crippen molar-refractivity contribution >= 4 is 40.9 Å². The molecule has 2 saturated heterocycles. The number of hydrogen-bond donors (Lipinski definition) is 1. The minimum Gasteiger partial charge on any atom is -0.508 e. The molecular formula is C31H30ClFN2O6. The summed E-state index contributed by atoms with van der Waals surface area (Å²) in [6.45, 7) is 3.94. The first kappa shape index (κ1) is 27.4. The summed E-state index contributed by atoms with van der Waals surface area (Å²) in [4.78, 5) is 57.7. The number of aromatic hydroxyl groups is 1. The zero-order valence-electron chi connectivity index (χ0n) is 22.9. The van der Waals surface area contributed by atoms with Crippen LogP contribution in [-0.2, 0) is 19.2 Å². The third-order valence-electron chi connectivity index (χ3n) is 9.52. The summed E-state index contributed by atoms with van der Waals surface area (Å²) in [5.41, 5.74) is 0.00412. The zero-order chi connectivity index (χ0) is 29.4. The molecule has 10 heteroatoms. The Labute approximate surface area is 241 Å². The van der Waals surface area contributed by atoms with Gasteiger partial charge in [0.1, 0.15) is 17.3 Å². The molecule has 2 heterocycles. The van der Waals surface area contributed by atoms with Crippen molar-refractivity contribution in [3.63, 3.8) is 0 Å². The Morgan fingerprint density at radius 2 is 1.83 bits per heavy atom. The van der Waals surface area contributed by atoms with Gasteiger partial charge in [0, 0.05) is 24.1 Å². The van der Waals surface area contributed by atoms with Crippen LogP contribution in [0.5, 0.6) is 11.5 Å². The lowest BCUT2D eigenvalue weighted by Crippen LogP contribution is -2.48. The van der Waals surface area contributed by atoms with Crippen LogP contribution in [0.4, 0.5) is 10.1 Å². The molecule has 2 aromatic carbocycles. The second-order valence-electron chi connectivity index (χ2n) is 11.5. The number of ether oxygens (including phenoxy) is 1. The predicted molar refractivity (Wildman–Crippen MR) is 148 cm³/mol. The average Bonchev–Trinajstić information content (AvgIpc) is 3.30. The molecule has 6 atom stereocenters. The quantitative estimate of drug-likeness (QED) is 0.401. The Hall–Kier alpha value is -3.72. The van der Waals surface area contributed by atoms with Crippen LogP contribution in [-0.4, -0.2) is 47.3 Å². The number of hydrogen-bond acceptors (Lipinski definition) is 6. The highest BCUT2D eigenvalue weighted by molar-refractivity contribution is 6.31. The zero-order valence-corrected chi connectivity index (χ0v) is 23.7. The van der Waals surface area contributed by atoms with Crippen LogP contribution in [0.1, 0.15) is 44.6 Å². The third kappa shape index (κ3) is 3.77. The number of phenols is 1. The summed E-state index contributed by atoms with van der Waals surface area (Å²) in [6, 6.07) is 8.49. The normalized spacial score (nSPS) is 30.8. The molecule has 6 rings (SSSR count). The number of benzene rings is 2. The Balaban J connectivity index is 1.52. The number of carbonyl (C=O) groups is 4. The van der Waals surface area contributed by atoms with Gasteiger partial charge in [0.05, 0.1) is 41.0 Å². The van der Waals surface area contributed by atoms with Crippen LogP contribution >= 0.6 is 11.6 Å². The summed E-state index contributed by atoms with van der Waals surface area (Å²) in [5, 5.41) is 11.0. The molecule has 214 valence electrons.